The third-order valence-electron chi connectivity index (χ3n) is 6.65. The highest BCUT2D eigenvalue weighted by molar-refractivity contribution is 5.88. The minimum atomic E-state index is -1.97. The first kappa shape index (κ1) is 27.7. The number of hydrogen-bond donors (Lipinski definition) is 7. The van der Waals surface area contributed by atoms with Gasteiger partial charge in [-0.25, -0.2) is 9.59 Å². The Morgan fingerprint density at radius 1 is 1.05 bits per heavy atom. The lowest BCUT2D eigenvalue weighted by Crippen LogP contribution is -2.61. The number of aliphatic carboxylic acids is 1. The third-order valence-corrected chi connectivity index (χ3v) is 6.65. The van der Waals surface area contributed by atoms with Crippen molar-refractivity contribution >= 4 is 18.0 Å². The second-order valence-electron chi connectivity index (χ2n) is 9.15. The molecule has 1 aromatic rings. The molecule has 1 saturated heterocycles. The summed E-state index contributed by atoms with van der Waals surface area (Å²) in [4.78, 5) is 24.1. The molecule has 13 nitrogen and oxygen atoms in total. The van der Waals surface area contributed by atoms with Gasteiger partial charge in [0.2, 0.25) is 6.29 Å². The number of carboxylic acid groups (broad SMARTS) is 1. The van der Waals surface area contributed by atoms with Crippen LogP contribution in [0.2, 0.25) is 0 Å². The SMILES string of the molecule is O=C(C=Cc1ccc(O)cc1)OC[C@@]1(O)C=C[C@H]2C(C(=O)O)=CO[C@@H](O[C@@H]3O[C@@H](CO)[C@@H](O)[C@@H](O)[C@H]3O)[C@@H]21. The van der Waals surface area contributed by atoms with Gasteiger partial charge in [-0.3, -0.25) is 0 Å². The van der Waals surface area contributed by atoms with Crippen molar-refractivity contribution in [3.8, 4) is 5.75 Å². The van der Waals surface area contributed by atoms with E-state index in [-0.39, 0.29) is 11.3 Å². The van der Waals surface area contributed by atoms with Crippen molar-refractivity contribution < 1.29 is 64.3 Å². The fourth-order valence-electron chi connectivity index (χ4n) is 4.57. The maximum absolute atomic E-state index is 12.3. The van der Waals surface area contributed by atoms with E-state index < -0.39 is 79.6 Å². The number of rotatable bonds is 8. The molecule has 0 amide bonds. The zero-order chi connectivity index (χ0) is 27.6. The van der Waals surface area contributed by atoms with Crippen LogP contribution in [0.1, 0.15) is 5.56 Å². The Bertz CT molecular complexity index is 1110. The summed E-state index contributed by atoms with van der Waals surface area (Å²) in [5, 5.41) is 70.1. The van der Waals surface area contributed by atoms with E-state index in [1.807, 2.05) is 0 Å². The molecular weight excluding hydrogens is 508 g/mol. The summed E-state index contributed by atoms with van der Waals surface area (Å²) in [7, 11) is 0. The van der Waals surface area contributed by atoms with E-state index in [0.717, 1.165) is 12.3 Å². The number of hydrogen-bond acceptors (Lipinski definition) is 12. The van der Waals surface area contributed by atoms with E-state index in [1.165, 1.54) is 30.4 Å². The number of phenolic OH excluding ortho intramolecular Hbond substituents is 1. The highest BCUT2D eigenvalue weighted by atomic mass is 16.8. The average molecular weight is 536 g/mol. The maximum atomic E-state index is 12.3. The maximum Gasteiger partial charge on any atom is 0.335 e. The molecule has 0 spiro atoms. The molecule has 1 aromatic carbocycles. The van der Waals surface area contributed by atoms with E-state index >= 15 is 0 Å². The molecule has 38 heavy (non-hydrogen) atoms. The molecule has 3 aliphatic rings. The van der Waals surface area contributed by atoms with E-state index in [0.29, 0.717) is 5.56 Å². The van der Waals surface area contributed by atoms with Gasteiger partial charge in [0.15, 0.2) is 6.29 Å². The number of ether oxygens (including phenoxy) is 4. The first-order chi connectivity index (χ1) is 18.0. The molecule has 1 aliphatic carbocycles. The van der Waals surface area contributed by atoms with Crippen LogP contribution >= 0.6 is 0 Å². The molecule has 0 bridgehead atoms. The van der Waals surface area contributed by atoms with Gasteiger partial charge in [0, 0.05) is 12.0 Å². The number of aliphatic hydroxyl groups is 5. The van der Waals surface area contributed by atoms with Crippen molar-refractivity contribution in [2.24, 2.45) is 11.8 Å². The van der Waals surface area contributed by atoms with Crippen LogP contribution in [0.15, 0.2) is 54.3 Å². The number of aromatic hydroxyl groups is 1. The summed E-state index contributed by atoms with van der Waals surface area (Å²) in [5.41, 5.74) is -1.58. The normalized spacial score (nSPS) is 36.4. The first-order valence-corrected chi connectivity index (χ1v) is 11.6. The Kier molecular flexibility index (Phi) is 8.18. The van der Waals surface area contributed by atoms with Gasteiger partial charge in [-0.05, 0) is 23.8 Å². The van der Waals surface area contributed by atoms with Gasteiger partial charge in [-0.1, -0.05) is 24.3 Å². The number of carbonyl (C=O) groups excluding carboxylic acids is 1. The molecule has 13 heteroatoms. The molecule has 4 rings (SSSR count). The Morgan fingerprint density at radius 3 is 2.42 bits per heavy atom. The van der Waals surface area contributed by atoms with Crippen LogP contribution in [-0.2, 0) is 28.5 Å². The lowest BCUT2D eigenvalue weighted by atomic mass is 9.79. The Balaban J connectivity index is 1.50. The zero-order valence-corrected chi connectivity index (χ0v) is 19.8. The number of carboxylic acids is 1. The summed E-state index contributed by atoms with van der Waals surface area (Å²) >= 11 is 0. The number of benzene rings is 1. The number of esters is 1. The molecular formula is C25H28O13. The van der Waals surface area contributed by atoms with Crippen LogP contribution in [0, 0.1) is 11.8 Å². The molecule has 0 radical (unpaired) electrons. The number of phenols is 1. The van der Waals surface area contributed by atoms with Gasteiger partial charge in [0.25, 0.3) is 0 Å². The predicted octanol–water partition coefficient (Wildman–Crippen LogP) is -1.38. The molecule has 2 aliphatic heterocycles. The van der Waals surface area contributed by atoms with Crippen LogP contribution in [0.5, 0.6) is 5.75 Å². The minimum absolute atomic E-state index is 0.0551. The van der Waals surface area contributed by atoms with Crippen LogP contribution in [0.3, 0.4) is 0 Å². The first-order valence-electron chi connectivity index (χ1n) is 11.6. The monoisotopic (exact) mass is 536 g/mol. The summed E-state index contributed by atoms with van der Waals surface area (Å²) in [6.45, 7) is -1.32. The molecule has 0 aromatic heterocycles. The van der Waals surface area contributed by atoms with Gasteiger partial charge < -0.3 is 54.7 Å². The van der Waals surface area contributed by atoms with Gasteiger partial charge >= 0.3 is 11.9 Å². The minimum Gasteiger partial charge on any atom is -0.508 e. The van der Waals surface area contributed by atoms with Crippen molar-refractivity contribution in [3.63, 3.8) is 0 Å². The molecule has 0 saturated carbocycles. The number of carbonyl (C=O) groups is 2. The number of aliphatic hydroxyl groups excluding tert-OH is 4. The summed E-state index contributed by atoms with van der Waals surface area (Å²) in [6.07, 6.45) is -3.40. The second kappa shape index (κ2) is 11.2. The van der Waals surface area contributed by atoms with Crippen molar-refractivity contribution in [1.29, 1.82) is 0 Å². The van der Waals surface area contributed by atoms with Crippen LogP contribution in [0.4, 0.5) is 0 Å². The van der Waals surface area contributed by atoms with E-state index in [9.17, 15) is 45.3 Å². The largest absolute Gasteiger partial charge is 0.508 e. The highest BCUT2D eigenvalue weighted by Gasteiger charge is 2.56. The van der Waals surface area contributed by atoms with Gasteiger partial charge in [0.05, 0.1) is 24.4 Å². The average Bonchev–Trinajstić information content (AvgIpc) is 3.25. The fourth-order valence-corrected chi connectivity index (χ4v) is 4.57. The van der Waals surface area contributed by atoms with Crippen LogP contribution in [0.25, 0.3) is 6.08 Å². The second-order valence-corrected chi connectivity index (χ2v) is 9.15. The van der Waals surface area contributed by atoms with Gasteiger partial charge in [-0.2, -0.15) is 0 Å². The van der Waals surface area contributed by atoms with Crippen LogP contribution in [-0.4, -0.2) is 103 Å². The van der Waals surface area contributed by atoms with Gasteiger partial charge in [0.1, 0.15) is 42.4 Å². The number of allylic oxidation sites excluding steroid dienone is 1. The smallest absolute Gasteiger partial charge is 0.335 e. The molecule has 206 valence electrons. The number of fused-ring (bicyclic) bond motifs is 1. The lowest BCUT2D eigenvalue weighted by Gasteiger charge is -2.44. The summed E-state index contributed by atoms with van der Waals surface area (Å²) < 4.78 is 21.6. The summed E-state index contributed by atoms with van der Waals surface area (Å²) in [6, 6.07) is 6.00. The Hall–Kier alpha value is -3.30. The Morgan fingerprint density at radius 2 is 1.76 bits per heavy atom. The third kappa shape index (κ3) is 5.59. The highest BCUT2D eigenvalue weighted by Crippen LogP contribution is 2.45. The predicted molar refractivity (Wildman–Crippen MR) is 125 cm³/mol. The van der Waals surface area contributed by atoms with Crippen molar-refractivity contribution in [2.45, 2.75) is 42.6 Å². The fraction of sp³-hybridized carbons (Fsp3) is 0.440. The lowest BCUT2D eigenvalue weighted by molar-refractivity contribution is -0.346. The quantitative estimate of drug-likeness (QED) is 0.116. The molecule has 2 heterocycles. The van der Waals surface area contributed by atoms with E-state index in [1.54, 1.807) is 12.1 Å². The standard InChI is InChI=1S/C25H28O13/c26-9-16-19(29)20(30)21(31)24(37-16)38-23-18-14(15(10-35-23)22(32)33)7-8-25(18,34)11-36-17(28)6-3-12-1-4-13(27)5-2-12/h1-8,10,14,16,18-21,23-24,26-27,29-31,34H,9,11H2,(H,32,33)/t14-,16-,18+,19+,20+,21+,23-,24-,25-/m0/s1. The summed E-state index contributed by atoms with van der Waals surface area (Å²) in [5.74, 6) is -4.23. The van der Waals surface area contributed by atoms with E-state index in [4.69, 9.17) is 18.9 Å². The topological polar surface area (TPSA) is 213 Å². The molecule has 0 unspecified atom stereocenters. The van der Waals surface area contributed by atoms with E-state index in [2.05, 4.69) is 0 Å². The zero-order valence-electron chi connectivity index (χ0n) is 19.8. The van der Waals surface area contributed by atoms with Crippen LogP contribution < -0.4 is 0 Å². The molecule has 1 fully saturated rings. The van der Waals surface area contributed by atoms with Gasteiger partial charge in [-0.15, -0.1) is 0 Å². The Labute approximate surface area is 216 Å². The molecule has 9 atom stereocenters. The molecule has 7 N–H and O–H groups in total. The van der Waals surface area contributed by atoms with Crippen molar-refractivity contribution in [3.05, 3.63) is 59.9 Å². The van der Waals surface area contributed by atoms with Crippen molar-refractivity contribution in [2.75, 3.05) is 13.2 Å². The van der Waals surface area contributed by atoms with Crippen molar-refractivity contribution in [1.82, 2.24) is 0 Å².